The number of amides is 1. The van der Waals surface area contributed by atoms with E-state index in [2.05, 4.69) is 36.8 Å². The predicted octanol–water partition coefficient (Wildman–Crippen LogP) is 4.85. The lowest BCUT2D eigenvalue weighted by atomic mass is 10.00. The molecule has 180 valence electrons. The zero-order chi connectivity index (χ0) is 24.0. The van der Waals surface area contributed by atoms with Crippen LogP contribution in [-0.4, -0.2) is 59.2 Å². The molecule has 0 spiro atoms. The standard InChI is InChI=1S/C27H38N2O3S/c1-6-20(3)16-28(19-27(5,31)7-2)17-26(30)29-13-11-25-23(12-14-33-25)24(29)18-32-22-10-8-9-21(4)15-22/h7-10,12,14-15,20,24,31H,2,6,11,13,16-19H2,1,3-5H3. The number of benzene rings is 1. The van der Waals surface area contributed by atoms with Crippen molar-refractivity contribution in [3.8, 4) is 5.75 Å². The van der Waals surface area contributed by atoms with E-state index in [0.717, 1.165) is 30.7 Å². The minimum Gasteiger partial charge on any atom is -0.491 e. The fourth-order valence-electron chi connectivity index (χ4n) is 4.31. The van der Waals surface area contributed by atoms with Gasteiger partial charge in [-0.1, -0.05) is 38.5 Å². The molecule has 3 unspecified atom stereocenters. The van der Waals surface area contributed by atoms with Gasteiger partial charge in [0.2, 0.25) is 5.91 Å². The van der Waals surface area contributed by atoms with E-state index in [0.29, 0.717) is 25.6 Å². The number of ether oxygens (including phenoxy) is 1. The lowest BCUT2D eigenvalue weighted by Crippen LogP contribution is -2.50. The van der Waals surface area contributed by atoms with Gasteiger partial charge < -0.3 is 14.7 Å². The van der Waals surface area contributed by atoms with E-state index in [4.69, 9.17) is 4.74 Å². The Hall–Kier alpha value is -2.15. The molecular formula is C27H38N2O3S. The quantitative estimate of drug-likeness (QED) is 0.477. The van der Waals surface area contributed by atoms with E-state index < -0.39 is 5.60 Å². The first-order chi connectivity index (χ1) is 15.7. The van der Waals surface area contributed by atoms with Gasteiger partial charge in [0.25, 0.3) is 0 Å². The summed E-state index contributed by atoms with van der Waals surface area (Å²) in [4.78, 5) is 19.0. The largest absolute Gasteiger partial charge is 0.491 e. The number of carbonyl (C=O) groups excluding carboxylic acids is 1. The van der Waals surface area contributed by atoms with E-state index in [1.807, 2.05) is 36.1 Å². The van der Waals surface area contributed by atoms with Gasteiger partial charge in [0, 0.05) is 24.5 Å². The van der Waals surface area contributed by atoms with Crippen molar-refractivity contribution in [2.45, 2.75) is 52.2 Å². The van der Waals surface area contributed by atoms with Gasteiger partial charge in [-0.3, -0.25) is 9.69 Å². The smallest absolute Gasteiger partial charge is 0.237 e. The van der Waals surface area contributed by atoms with E-state index in [1.165, 1.54) is 10.4 Å². The van der Waals surface area contributed by atoms with Crippen LogP contribution in [0, 0.1) is 12.8 Å². The number of aryl methyl sites for hydroxylation is 1. The number of hydrogen-bond acceptors (Lipinski definition) is 5. The maximum absolute atomic E-state index is 13.6. The van der Waals surface area contributed by atoms with Crippen molar-refractivity contribution in [1.29, 1.82) is 0 Å². The zero-order valence-electron chi connectivity index (χ0n) is 20.4. The molecule has 1 aliphatic heterocycles. The number of carbonyl (C=O) groups is 1. The molecule has 3 atom stereocenters. The number of fused-ring (bicyclic) bond motifs is 1. The molecule has 0 saturated carbocycles. The van der Waals surface area contributed by atoms with Gasteiger partial charge in [-0.05, 0) is 60.9 Å². The Bertz CT molecular complexity index is 939. The number of rotatable bonds is 11. The Morgan fingerprint density at radius 1 is 1.45 bits per heavy atom. The number of thiophene rings is 1. The molecule has 33 heavy (non-hydrogen) atoms. The van der Waals surface area contributed by atoms with Gasteiger partial charge >= 0.3 is 0 Å². The minimum atomic E-state index is -1.04. The van der Waals surface area contributed by atoms with Crippen LogP contribution in [0.25, 0.3) is 0 Å². The highest BCUT2D eigenvalue weighted by Gasteiger charge is 2.33. The number of aliphatic hydroxyl groups is 1. The summed E-state index contributed by atoms with van der Waals surface area (Å²) in [5.41, 5.74) is 1.30. The van der Waals surface area contributed by atoms with E-state index in [1.54, 1.807) is 24.3 Å². The Labute approximate surface area is 202 Å². The SMILES string of the molecule is C=CC(C)(O)CN(CC(=O)N1CCc2sccc2C1COc1cccc(C)c1)CC(C)CC. The van der Waals surface area contributed by atoms with Crippen LogP contribution < -0.4 is 4.74 Å². The molecule has 1 aromatic heterocycles. The first kappa shape index (κ1) is 25.5. The summed E-state index contributed by atoms with van der Waals surface area (Å²) >= 11 is 1.76. The van der Waals surface area contributed by atoms with Crippen molar-refractivity contribution in [2.75, 3.05) is 32.8 Å². The lowest BCUT2D eigenvalue weighted by molar-refractivity contribution is -0.136. The minimum absolute atomic E-state index is 0.0767. The molecule has 0 saturated heterocycles. The third-order valence-electron chi connectivity index (χ3n) is 6.42. The van der Waals surface area contributed by atoms with Gasteiger partial charge in [0.05, 0.1) is 18.2 Å². The highest BCUT2D eigenvalue weighted by atomic mass is 32.1. The summed E-state index contributed by atoms with van der Waals surface area (Å²) < 4.78 is 6.16. The Morgan fingerprint density at radius 2 is 2.24 bits per heavy atom. The molecule has 0 radical (unpaired) electrons. The van der Waals surface area contributed by atoms with Crippen LogP contribution in [-0.2, 0) is 11.2 Å². The van der Waals surface area contributed by atoms with Gasteiger partial charge in [-0.15, -0.1) is 17.9 Å². The van der Waals surface area contributed by atoms with Crippen molar-refractivity contribution in [1.82, 2.24) is 9.80 Å². The number of hydrogen-bond donors (Lipinski definition) is 1. The fourth-order valence-corrected chi connectivity index (χ4v) is 5.24. The van der Waals surface area contributed by atoms with Crippen molar-refractivity contribution >= 4 is 17.2 Å². The summed E-state index contributed by atoms with van der Waals surface area (Å²) in [6, 6.07) is 10.0. The summed E-state index contributed by atoms with van der Waals surface area (Å²) in [6.07, 6.45) is 3.45. The van der Waals surface area contributed by atoms with Gasteiger partial charge in [0.1, 0.15) is 12.4 Å². The molecule has 0 fully saturated rings. The molecule has 1 aromatic carbocycles. The fraction of sp³-hybridized carbons (Fsp3) is 0.519. The normalized spacial score (nSPS) is 18.5. The average molecular weight is 471 g/mol. The maximum atomic E-state index is 13.6. The molecule has 2 aromatic rings. The first-order valence-electron chi connectivity index (χ1n) is 11.9. The molecule has 5 nitrogen and oxygen atoms in total. The van der Waals surface area contributed by atoms with Crippen LogP contribution in [0.1, 0.15) is 49.2 Å². The predicted molar refractivity (Wildman–Crippen MR) is 136 cm³/mol. The first-order valence-corrected chi connectivity index (χ1v) is 12.7. The van der Waals surface area contributed by atoms with Crippen molar-refractivity contribution in [3.05, 3.63) is 64.4 Å². The van der Waals surface area contributed by atoms with Crippen LogP contribution in [0.15, 0.2) is 48.4 Å². The molecule has 1 N–H and O–H groups in total. The molecule has 0 bridgehead atoms. The third kappa shape index (κ3) is 6.92. The molecule has 1 amide bonds. The monoisotopic (exact) mass is 470 g/mol. The summed E-state index contributed by atoms with van der Waals surface area (Å²) in [6.45, 7) is 14.4. The average Bonchev–Trinajstić information content (AvgIpc) is 3.26. The van der Waals surface area contributed by atoms with Crippen molar-refractivity contribution in [2.24, 2.45) is 5.92 Å². The molecule has 0 aliphatic carbocycles. The molecule has 6 heteroatoms. The second-order valence-corrected chi connectivity index (χ2v) is 10.5. The second kappa shape index (κ2) is 11.3. The van der Waals surface area contributed by atoms with E-state index in [-0.39, 0.29) is 18.5 Å². The lowest BCUT2D eigenvalue weighted by Gasteiger charge is -2.38. The summed E-state index contributed by atoms with van der Waals surface area (Å²) in [5.74, 6) is 1.33. The van der Waals surface area contributed by atoms with Crippen LogP contribution in [0.4, 0.5) is 0 Å². The van der Waals surface area contributed by atoms with Crippen LogP contribution in [0.3, 0.4) is 0 Å². The Kier molecular flexibility index (Phi) is 8.74. The molecule has 3 rings (SSSR count). The number of nitrogens with zero attached hydrogens (tertiary/aromatic N) is 2. The highest BCUT2D eigenvalue weighted by Crippen LogP contribution is 2.34. The van der Waals surface area contributed by atoms with Crippen LogP contribution in [0.2, 0.25) is 0 Å². The van der Waals surface area contributed by atoms with Crippen LogP contribution >= 0.6 is 11.3 Å². The third-order valence-corrected chi connectivity index (χ3v) is 7.42. The molecule has 1 aliphatic rings. The van der Waals surface area contributed by atoms with Crippen LogP contribution in [0.5, 0.6) is 5.75 Å². The van der Waals surface area contributed by atoms with E-state index in [9.17, 15) is 9.90 Å². The summed E-state index contributed by atoms with van der Waals surface area (Å²) in [7, 11) is 0. The Balaban J connectivity index is 1.77. The van der Waals surface area contributed by atoms with Gasteiger partial charge in [0.15, 0.2) is 0 Å². The van der Waals surface area contributed by atoms with Crippen molar-refractivity contribution in [3.63, 3.8) is 0 Å². The van der Waals surface area contributed by atoms with E-state index >= 15 is 0 Å². The Morgan fingerprint density at radius 3 is 2.94 bits per heavy atom. The zero-order valence-corrected chi connectivity index (χ0v) is 21.2. The van der Waals surface area contributed by atoms with Crippen molar-refractivity contribution < 1.29 is 14.6 Å². The molecule has 2 heterocycles. The second-order valence-electron chi connectivity index (χ2n) is 9.52. The topological polar surface area (TPSA) is 53.0 Å². The maximum Gasteiger partial charge on any atom is 0.237 e. The highest BCUT2D eigenvalue weighted by molar-refractivity contribution is 7.10. The van der Waals surface area contributed by atoms with Gasteiger partial charge in [-0.25, -0.2) is 0 Å². The van der Waals surface area contributed by atoms with Gasteiger partial charge in [-0.2, -0.15) is 0 Å². The molecular weight excluding hydrogens is 432 g/mol. The summed E-state index contributed by atoms with van der Waals surface area (Å²) in [5, 5.41) is 12.7.